The summed E-state index contributed by atoms with van der Waals surface area (Å²) in [6.45, 7) is 0.0161. The van der Waals surface area contributed by atoms with E-state index in [0.717, 1.165) is 5.56 Å². The van der Waals surface area contributed by atoms with Gasteiger partial charge in [0.15, 0.2) is 0 Å². The van der Waals surface area contributed by atoms with Gasteiger partial charge in [-0.1, -0.05) is 23.7 Å². The first-order valence-corrected chi connectivity index (χ1v) is 7.78. The van der Waals surface area contributed by atoms with E-state index in [-0.39, 0.29) is 23.0 Å². The summed E-state index contributed by atoms with van der Waals surface area (Å²) in [5.74, 6) is -0.793. The smallest absolute Gasteiger partial charge is 0.339 e. The molecule has 2 aromatic carbocycles. The summed E-state index contributed by atoms with van der Waals surface area (Å²) in [6.07, 6.45) is 0.328. The Morgan fingerprint density at radius 2 is 1.84 bits per heavy atom. The Labute approximate surface area is 150 Å². The third-order valence-corrected chi connectivity index (χ3v) is 3.68. The molecule has 2 rings (SSSR count). The van der Waals surface area contributed by atoms with Crippen molar-refractivity contribution in [3.63, 3.8) is 0 Å². The first-order valence-electron chi connectivity index (χ1n) is 7.41. The minimum atomic E-state index is -0.546. The Morgan fingerprint density at radius 3 is 2.48 bits per heavy atom. The van der Waals surface area contributed by atoms with E-state index in [1.165, 1.54) is 13.2 Å². The van der Waals surface area contributed by atoms with Gasteiger partial charge >= 0.3 is 5.97 Å². The van der Waals surface area contributed by atoms with Gasteiger partial charge in [0.25, 0.3) is 0 Å². The van der Waals surface area contributed by atoms with Gasteiger partial charge in [0.05, 0.1) is 36.7 Å². The number of hydrogen-bond acceptors (Lipinski definition) is 5. The monoisotopic (exact) mass is 357 g/mol. The molecule has 2 aromatic rings. The molecule has 0 atom stereocenters. The summed E-state index contributed by atoms with van der Waals surface area (Å²) in [7, 11) is 1.27. The number of anilines is 2. The molecule has 0 aromatic heterocycles. The lowest BCUT2D eigenvalue weighted by molar-refractivity contribution is -0.114. The predicted molar refractivity (Wildman–Crippen MR) is 95.7 cm³/mol. The Kier molecular flexibility index (Phi) is 6.38. The number of nitriles is 1. The van der Waals surface area contributed by atoms with Crippen LogP contribution in [0.2, 0.25) is 5.02 Å². The number of esters is 1. The van der Waals surface area contributed by atoms with Crippen LogP contribution in [0.15, 0.2) is 42.5 Å². The van der Waals surface area contributed by atoms with Crippen LogP contribution in [0, 0.1) is 11.3 Å². The number of nitrogens with zero attached hydrogens (tertiary/aromatic N) is 1. The van der Waals surface area contributed by atoms with Gasteiger partial charge in [-0.25, -0.2) is 4.79 Å². The number of halogens is 1. The highest BCUT2D eigenvalue weighted by molar-refractivity contribution is 6.33. The number of benzene rings is 2. The van der Waals surface area contributed by atoms with Crippen molar-refractivity contribution < 1.29 is 14.3 Å². The van der Waals surface area contributed by atoms with Gasteiger partial charge in [-0.05, 0) is 35.9 Å². The van der Waals surface area contributed by atoms with Crippen molar-refractivity contribution in [1.29, 1.82) is 5.26 Å². The predicted octanol–water partition coefficient (Wildman–Crippen LogP) is 3.24. The van der Waals surface area contributed by atoms with Crippen LogP contribution in [0.4, 0.5) is 11.4 Å². The molecule has 7 heteroatoms. The van der Waals surface area contributed by atoms with Crippen molar-refractivity contribution >= 4 is 34.9 Å². The van der Waals surface area contributed by atoms with Crippen molar-refractivity contribution in [2.75, 3.05) is 24.3 Å². The fourth-order valence-corrected chi connectivity index (χ4v) is 2.28. The normalized spacial score (nSPS) is 9.80. The molecule has 0 spiro atoms. The Balaban J connectivity index is 1.93. The number of ether oxygens (including phenoxy) is 1. The van der Waals surface area contributed by atoms with E-state index in [4.69, 9.17) is 16.9 Å². The van der Waals surface area contributed by atoms with E-state index in [0.29, 0.717) is 17.8 Å². The third-order valence-electron chi connectivity index (χ3n) is 3.35. The number of hydrogen-bond donors (Lipinski definition) is 2. The molecule has 0 radical (unpaired) electrons. The van der Waals surface area contributed by atoms with Crippen molar-refractivity contribution in [1.82, 2.24) is 0 Å². The highest BCUT2D eigenvalue weighted by Gasteiger charge is 2.11. The first-order chi connectivity index (χ1) is 12.0. The van der Waals surface area contributed by atoms with Crippen LogP contribution < -0.4 is 10.6 Å². The average Bonchev–Trinajstić information content (AvgIpc) is 2.62. The van der Waals surface area contributed by atoms with Crippen molar-refractivity contribution in [3.05, 3.63) is 58.6 Å². The molecule has 2 N–H and O–H groups in total. The molecule has 6 nitrogen and oxygen atoms in total. The maximum absolute atomic E-state index is 12.0. The number of carbonyl (C=O) groups excluding carboxylic acids is 2. The molecule has 0 fully saturated rings. The largest absolute Gasteiger partial charge is 0.465 e. The summed E-state index contributed by atoms with van der Waals surface area (Å²) >= 11 is 5.95. The van der Waals surface area contributed by atoms with Gasteiger partial charge in [-0.3, -0.25) is 4.79 Å². The average molecular weight is 358 g/mol. The highest BCUT2D eigenvalue weighted by atomic mass is 35.5. The molecule has 0 aliphatic rings. The second-order valence-electron chi connectivity index (χ2n) is 5.12. The molecule has 0 bridgehead atoms. The number of amides is 1. The standard InChI is InChI=1S/C18H16ClN3O3/c1-25-18(24)15-10-14(6-7-16(15)19)21-11-17(23)22-13-4-2-12(3-5-13)8-9-20/h2-7,10,21H,8,11H2,1H3,(H,22,23). The third kappa shape index (κ3) is 5.23. The topological polar surface area (TPSA) is 91.2 Å². The zero-order valence-electron chi connectivity index (χ0n) is 13.5. The molecular formula is C18H16ClN3O3. The number of methoxy groups -OCH3 is 1. The van der Waals surface area contributed by atoms with Gasteiger partial charge in [0, 0.05) is 11.4 Å². The number of carbonyl (C=O) groups is 2. The molecule has 0 aliphatic carbocycles. The van der Waals surface area contributed by atoms with Crippen LogP contribution in [0.3, 0.4) is 0 Å². The molecule has 0 saturated carbocycles. The molecule has 0 saturated heterocycles. The lowest BCUT2D eigenvalue weighted by atomic mass is 10.1. The summed E-state index contributed by atoms with van der Waals surface area (Å²) in [4.78, 5) is 23.6. The molecule has 0 unspecified atom stereocenters. The SMILES string of the molecule is COC(=O)c1cc(NCC(=O)Nc2ccc(CC#N)cc2)ccc1Cl. The summed E-state index contributed by atoms with van der Waals surface area (Å²) in [5.41, 5.74) is 2.32. The van der Waals surface area contributed by atoms with E-state index in [1.807, 2.05) is 0 Å². The molecular weight excluding hydrogens is 342 g/mol. The van der Waals surface area contributed by atoms with Crippen LogP contribution in [-0.2, 0) is 16.0 Å². The van der Waals surface area contributed by atoms with Crippen molar-refractivity contribution in [2.24, 2.45) is 0 Å². The van der Waals surface area contributed by atoms with Gasteiger partial charge in [-0.2, -0.15) is 5.26 Å². The molecule has 1 amide bonds. The van der Waals surface area contributed by atoms with E-state index in [1.54, 1.807) is 36.4 Å². The van der Waals surface area contributed by atoms with Crippen LogP contribution in [-0.4, -0.2) is 25.5 Å². The molecule has 128 valence electrons. The van der Waals surface area contributed by atoms with Gasteiger partial charge in [-0.15, -0.1) is 0 Å². The fourth-order valence-electron chi connectivity index (χ4n) is 2.09. The number of nitrogens with one attached hydrogen (secondary N) is 2. The first kappa shape index (κ1) is 18.3. The Hall–Kier alpha value is -3.04. The Bertz CT molecular complexity index is 813. The maximum atomic E-state index is 12.0. The zero-order valence-corrected chi connectivity index (χ0v) is 14.3. The maximum Gasteiger partial charge on any atom is 0.339 e. The van der Waals surface area contributed by atoms with Crippen LogP contribution in [0.1, 0.15) is 15.9 Å². The van der Waals surface area contributed by atoms with Crippen LogP contribution in [0.5, 0.6) is 0 Å². The van der Waals surface area contributed by atoms with Crippen molar-refractivity contribution in [2.45, 2.75) is 6.42 Å². The fraction of sp³-hybridized carbons (Fsp3) is 0.167. The minimum Gasteiger partial charge on any atom is -0.465 e. The van der Waals surface area contributed by atoms with Gasteiger partial charge < -0.3 is 15.4 Å². The lowest BCUT2D eigenvalue weighted by Gasteiger charge is -2.10. The molecule has 0 aliphatic heterocycles. The summed E-state index contributed by atoms with van der Waals surface area (Å²) in [5, 5.41) is 14.6. The van der Waals surface area contributed by atoms with Gasteiger partial charge in [0.1, 0.15) is 0 Å². The van der Waals surface area contributed by atoms with E-state index in [9.17, 15) is 9.59 Å². The quantitative estimate of drug-likeness (QED) is 0.774. The van der Waals surface area contributed by atoms with E-state index >= 15 is 0 Å². The zero-order chi connectivity index (χ0) is 18.2. The van der Waals surface area contributed by atoms with E-state index < -0.39 is 5.97 Å². The van der Waals surface area contributed by atoms with Crippen LogP contribution in [0.25, 0.3) is 0 Å². The lowest BCUT2D eigenvalue weighted by Crippen LogP contribution is -2.21. The highest BCUT2D eigenvalue weighted by Crippen LogP contribution is 2.21. The van der Waals surface area contributed by atoms with Crippen molar-refractivity contribution in [3.8, 4) is 6.07 Å². The Morgan fingerprint density at radius 1 is 1.16 bits per heavy atom. The second kappa shape index (κ2) is 8.71. The van der Waals surface area contributed by atoms with Crippen LogP contribution >= 0.6 is 11.6 Å². The van der Waals surface area contributed by atoms with E-state index in [2.05, 4.69) is 21.4 Å². The summed E-state index contributed by atoms with van der Waals surface area (Å²) < 4.78 is 4.65. The van der Waals surface area contributed by atoms with Gasteiger partial charge in [0.2, 0.25) is 5.91 Å². The second-order valence-corrected chi connectivity index (χ2v) is 5.53. The molecule has 0 heterocycles. The minimum absolute atomic E-state index is 0.0161. The number of rotatable bonds is 6. The molecule has 25 heavy (non-hydrogen) atoms. The summed E-state index contributed by atoms with van der Waals surface area (Å²) in [6, 6.07) is 13.9.